The van der Waals surface area contributed by atoms with Gasteiger partial charge in [0.05, 0.1) is 0 Å². The molecule has 2 aliphatic rings. The van der Waals surface area contributed by atoms with E-state index in [1.165, 1.54) is 87.0 Å². The maximum atomic E-state index is 3.46. The Balaban J connectivity index is 0. The molecule has 2 atom stereocenters. The van der Waals surface area contributed by atoms with Crippen molar-refractivity contribution in [3.63, 3.8) is 0 Å². The first kappa shape index (κ1) is 44.1. The standard InChI is InChI=1S/2C14H22N2.4C3H8/c2*1-11(2)16-14-7-5-12(6-8-14)13-4-3-9-15-10-13;4*1-3-2/h2*5-8,11,13,15-16H,3-4,9-10H2,1-2H3;4*3H2,1-2H3/t2*13-;;;;/m10..../s1. The maximum absolute atomic E-state index is 3.46. The Morgan fingerprint density at radius 1 is 0.523 bits per heavy atom. The molecule has 4 heteroatoms. The van der Waals surface area contributed by atoms with Gasteiger partial charge < -0.3 is 21.3 Å². The average Bonchev–Trinajstić information content (AvgIpc) is 3.00. The highest BCUT2D eigenvalue weighted by Crippen LogP contribution is 2.25. The zero-order chi connectivity index (χ0) is 33.6. The summed E-state index contributed by atoms with van der Waals surface area (Å²) in [5, 5.41) is 13.8. The van der Waals surface area contributed by atoms with Gasteiger partial charge in [0.1, 0.15) is 0 Å². The molecule has 2 saturated heterocycles. The highest BCUT2D eigenvalue weighted by molar-refractivity contribution is 5.46. The number of anilines is 2. The molecule has 0 amide bonds. The minimum absolute atomic E-state index is 0.502. The minimum Gasteiger partial charge on any atom is -0.383 e. The Labute approximate surface area is 276 Å². The van der Waals surface area contributed by atoms with Crippen molar-refractivity contribution in [2.24, 2.45) is 0 Å². The van der Waals surface area contributed by atoms with Crippen LogP contribution in [0.5, 0.6) is 0 Å². The molecular weight excluding hydrogens is 536 g/mol. The Hall–Kier alpha value is -2.04. The molecule has 0 aromatic heterocycles. The second kappa shape index (κ2) is 31.0. The summed E-state index contributed by atoms with van der Waals surface area (Å²) < 4.78 is 0. The quantitative estimate of drug-likeness (QED) is 0.262. The first-order valence-corrected chi connectivity index (χ1v) is 18.3. The van der Waals surface area contributed by atoms with Gasteiger partial charge in [-0.15, -0.1) is 0 Å². The van der Waals surface area contributed by atoms with Crippen molar-refractivity contribution in [1.29, 1.82) is 0 Å². The molecule has 4 rings (SSSR count). The molecule has 2 aromatic carbocycles. The van der Waals surface area contributed by atoms with Crippen LogP contribution in [0, 0.1) is 0 Å². The summed E-state index contributed by atoms with van der Waals surface area (Å²) in [5.41, 5.74) is 5.40. The molecular formula is C40H76N4. The van der Waals surface area contributed by atoms with Gasteiger partial charge in [-0.25, -0.2) is 0 Å². The van der Waals surface area contributed by atoms with Gasteiger partial charge in [0.25, 0.3) is 0 Å². The van der Waals surface area contributed by atoms with Crippen LogP contribution in [0.1, 0.15) is 157 Å². The molecule has 4 nitrogen and oxygen atoms in total. The van der Waals surface area contributed by atoms with Gasteiger partial charge in [-0.05, 0) is 114 Å². The maximum Gasteiger partial charge on any atom is 0.0342 e. The Kier molecular flexibility index (Phi) is 31.0. The largest absolute Gasteiger partial charge is 0.383 e. The normalized spacial score (nSPS) is 17.0. The van der Waals surface area contributed by atoms with Crippen molar-refractivity contribution in [3.05, 3.63) is 59.7 Å². The topological polar surface area (TPSA) is 48.1 Å². The number of piperidine rings is 2. The van der Waals surface area contributed by atoms with E-state index in [4.69, 9.17) is 0 Å². The van der Waals surface area contributed by atoms with Gasteiger partial charge in [-0.2, -0.15) is 0 Å². The lowest BCUT2D eigenvalue weighted by molar-refractivity contribution is 0.461. The van der Waals surface area contributed by atoms with Gasteiger partial charge in [0.15, 0.2) is 0 Å². The summed E-state index contributed by atoms with van der Waals surface area (Å²) in [6, 6.07) is 18.9. The number of hydrogen-bond acceptors (Lipinski definition) is 4. The number of benzene rings is 2. The molecule has 0 spiro atoms. The van der Waals surface area contributed by atoms with Crippen molar-refractivity contribution in [1.82, 2.24) is 10.6 Å². The van der Waals surface area contributed by atoms with E-state index in [0.29, 0.717) is 23.9 Å². The molecule has 256 valence electrons. The molecule has 0 unspecified atom stereocenters. The van der Waals surface area contributed by atoms with Gasteiger partial charge in [-0.3, -0.25) is 0 Å². The summed E-state index contributed by atoms with van der Waals surface area (Å²) in [7, 11) is 0. The lowest BCUT2D eigenvalue weighted by Gasteiger charge is -2.23. The minimum atomic E-state index is 0.502. The molecule has 2 aromatic rings. The van der Waals surface area contributed by atoms with Crippen LogP contribution in [0.15, 0.2) is 48.5 Å². The monoisotopic (exact) mass is 613 g/mol. The van der Waals surface area contributed by atoms with Gasteiger partial charge in [0, 0.05) is 36.5 Å². The predicted octanol–water partition coefficient (Wildman–Crippen LogP) is 11.6. The Morgan fingerprint density at radius 2 is 0.795 bits per heavy atom. The third kappa shape index (κ3) is 24.3. The fraction of sp³-hybridized carbons (Fsp3) is 0.700. The number of nitrogens with one attached hydrogen (secondary N) is 4. The number of hydrogen-bond donors (Lipinski definition) is 4. The summed E-state index contributed by atoms with van der Waals surface area (Å²) in [6.07, 6.45) is 10.3. The van der Waals surface area contributed by atoms with E-state index in [0.717, 1.165) is 13.1 Å². The van der Waals surface area contributed by atoms with E-state index in [2.05, 4.69) is 153 Å². The van der Waals surface area contributed by atoms with E-state index in [1.54, 1.807) is 0 Å². The molecule has 4 N–H and O–H groups in total. The summed E-state index contributed by atoms with van der Waals surface area (Å²) in [4.78, 5) is 0. The van der Waals surface area contributed by atoms with E-state index in [9.17, 15) is 0 Å². The lowest BCUT2D eigenvalue weighted by atomic mass is 9.91. The van der Waals surface area contributed by atoms with Crippen molar-refractivity contribution in [2.75, 3.05) is 36.8 Å². The third-order valence-corrected chi connectivity index (χ3v) is 6.27. The van der Waals surface area contributed by atoms with Crippen LogP contribution < -0.4 is 21.3 Å². The smallest absolute Gasteiger partial charge is 0.0342 e. The van der Waals surface area contributed by atoms with Crippen LogP contribution in [-0.2, 0) is 0 Å². The average molecular weight is 613 g/mol. The number of rotatable bonds is 6. The van der Waals surface area contributed by atoms with E-state index < -0.39 is 0 Å². The molecule has 2 fully saturated rings. The third-order valence-electron chi connectivity index (χ3n) is 6.27. The summed E-state index contributed by atoms with van der Waals surface area (Å²) in [5.74, 6) is 1.42. The molecule has 0 bridgehead atoms. The van der Waals surface area contributed by atoms with E-state index in [1.807, 2.05) is 0 Å². The zero-order valence-corrected chi connectivity index (χ0v) is 31.4. The first-order valence-electron chi connectivity index (χ1n) is 18.3. The van der Waals surface area contributed by atoms with E-state index >= 15 is 0 Å². The Morgan fingerprint density at radius 3 is 1.00 bits per heavy atom. The molecule has 2 aliphatic heterocycles. The highest BCUT2D eigenvalue weighted by atomic mass is 14.9. The fourth-order valence-corrected chi connectivity index (χ4v) is 4.64. The molecule has 2 heterocycles. The van der Waals surface area contributed by atoms with Crippen molar-refractivity contribution in [3.8, 4) is 0 Å². The highest BCUT2D eigenvalue weighted by Gasteiger charge is 2.15. The SMILES string of the molecule is CC(C)Nc1ccc([C@@H]2CCCNC2)cc1.CC(C)Nc1ccc([C@H]2CCCNC2)cc1.CCC.CCC.CCC.CCC. The van der Waals surface area contributed by atoms with Crippen LogP contribution in [-0.4, -0.2) is 38.3 Å². The van der Waals surface area contributed by atoms with Gasteiger partial charge in [-0.1, -0.05) is 105 Å². The van der Waals surface area contributed by atoms with Crippen LogP contribution in [0.2, 0.25) is 0 Å². The van der Waals surface area contributed by atoms with Crippen molar-refractivity contribution < 1.29 is 0 Å². The van der Waals surface area contributed by atoms with Crippen LogP contribution in [0.3, 0.4) is 0 Å². The molecule has 0 saturated carbocycles. The fourth-order valence-electron chi connectivity index (χ4n) is 4.64. The second-order valence-corrected chi connectivity index (χ2v) is 12.8. The Bertz CT molecular complexity index is 742. The second-order valence-electron chi connectivity index (χ2n) is 12.8. The first-order chi connectivity index (χ1) is 21.2. The van der Waals surface area contributed by atoms with Gasteiger partial charge in [0.2, 0.25) is 0 Å². The van der Waals surface area contributed by atoms with Crippen LogP contribution >= 0.6 is 0 Å². The van der Waals surface area contributed by atoms with E-state index in [-0.39, 0.29) is 0 Å². The predicted molar refractivity (Wildman–Crippen MR) is 204 cm³/mol. The molecule has 0 aliphatic carbocycles. The van der Waals surface area contributed by atoms with Crippen molar-refractivity contribution >= 4 is 11.4 Å². The lowest BCUT2D eigenvalue weighted by Crippen LogP contribution is -2.28. The summed E-state index contributed by atoms with van der Waals surface area (Å²) in [6.45, 7) is 30.3. The molecule has 0 radical (unpaired) electrons. The zero-order valence-electron chi connectivity index (χ0n) is 31.4. The summed E-state index contributed by atoms with van der Waals surface area (Å²) >= 11 is 0. The molecule has 44 heavy (non-hydrogen) atoms. The van der Waals surface area contributed by atoms with Crippen LogP contribution in [0.4, 0.5) is 11.4 Å². The van der Waals surface area contributed by atoms with Gasteiger partial charge >= 0.3 is 0 Å². The van der Waals surface area contributed by atoms with Crippen molar-refractivity contribution in [2.45, 2.75) is 158 Å². The van der Waals surface area contributed by atoms with Crippen LogP contribution in [0.25, 0.3) is 0 Å².